The number of ether oxygens (including phenoxy) is 2. The van der Waals surface area contributed by atoms with Gasteiger partial charge in [-0.3, -0.25) is 4.90 Å². The van der Waals surface area contributed by atoms with Crippen LogP contribution in [0, 0.1) is 0 Å². The Hall–Kier alpha value is -1.52. The minimum Gasteiger partial charge on any atom is -0.493 e. The molecule has 1 aromatic carbocycles. The lowest BCUT2D eigenvalue weighted by molar-refractivity contribution is 0.124. The molecule has 1 heterocycles. The van der Waals surface area contributed by atoms with Gasteiger partial charge in [-0.1, -0.05) is 17.7 Å². The molecule has 1 saturated heterocycles. The standard InChI is InChI=1S/C21H34N2O2/c1-6-17(2)15-23-12-7-8-19(16-23)22(3)13-11-18-9-10-20(24-4)21(14-18)25-5/h6,9-10,14,19H,7-8,11-13,15-16H2,1-5H3/b17-6+/t19-/m0/s1. The molecule has 0 bridgehead atoms. The average Bonchev–Trinajstić information content (AvgIpc) is 2.65. The van der Waals surface area contributed by atoms with Gasteiger partial charge in [0.15, 0.2) is 11.5 Å². The van der Waals surface area contributed by atoms with Crippen LogP contribution in [0.15, 0.2) is 29.8 Å². The molecule has 0 N–H and O–H groups in total. The first kappa shape index (κ1) is 19.8. The summed E-state index contributed by atoms with van der Waals surface area (Å²) in [7, 11) is 5.63. The minimum absolute atomic E-state index is 0.651. The van der Waals surface area contributed by atoms with Crippen molar-refractivity contribution in [1.29, 1.82) is 0 Å². The summed E-state index contributed by atoms with van der Waals surface area (Å²) in [4.78, 5) is 5.12. The zero-order chi connectivity index (χ0) is 18.2. The van der Waals surface area contributed by atoms with Gasteiger partial charge in [-0.2, -0.15) is 0 Å². The van der Waals surface area contributed by atoms with Crippen molar-refractivity contribution < 1.29 is 9.47 Å². The maximum Gasteiger partial charge on any atom is 0.160 e. The third kappa shape index (κ3) is 5.75. The first-order valence-corrected chi connectivity index (χ1v) is 9.32. The van der Waals surface area contributed by atoms with Crippen LogP contribution in [0.4, 0.5) is 0 Å². The number of rotatable bonds is 8. The fraction of sp³-hybridized carbons (Fsp3) is 0.619. The number of likely N-dealkylation sites (tertiary alicyclic amines) is 1. The third-order valence-corrected chi connectivity index (χ3v) is 5.27. The van der Waals surface area contributed by atoms with Crippen LogP contribution in [-0.2, 0) is 6.42 Å². The van der Waals surface area contributed by atoms with Gasteiger partial charge in [0.05, 0.1) is 14.2 Å². The highest BCUT2D eigenvalue weighted by molar-refractivity contribution is 5.42. The number of hydrogen-bond donors (Lipinski definition) is 0. The number of allylic oxidation sites excluding steroid dienone is 1. The van der Waals surface area contributed by atoms with E-state index in [4.69, 9.17) is 9.47 Å². The largest absolute Gasteiger partial charge is 0.493 e. The maximum absolute atomic E-state index is 5.41. The van der Waals surface area contributed by atoms with E-state index in [1.165, 1.54) is 37.1 Å². The van der Waals surface area contributed by atoms with E-state index in [0.29, 0.717) is 6.04 Å². The fourth-order valence-electron chi connectivity index (χ4n) is 3.50. The molecule has 0 unspecified atom stereocenters. The lowest BCUT2D eigenvalue weighted by Gasteiger charge is -2.38. The van der Waals surface area contributed by atoms with E-state index in [-0.39, 0.29) is 0 Å². The van der Waals surface area contributed by atoms with Gasteiger partial charge in [-0.25, -0.2) is 0 Å². The third-order valence-electron chi connectivity index (χ3n) is 5.27. The molecule has 4 heteroatoms. The molecule has 0 spiro atoms. The van der Waals surface area contributed by atoms with E-state index in [0.717, 1.165) is 31.0 Å². The molecular weight excluding hydrogens is 312 g/mol. The predicted molar refractivity (Wildman–Crippen MR) is 105 cm³/mol. The van der Waals surface area contributed by atoms with Crippen molar-refractivity contribution in [2.45, 2.75) is 39.2 Å². The smallest absolute Gasteiger partial charge is 0.160 e. The van der Waals surface area contributed by atoms with Crippen LogP contribution in [0.2, 0.25) is 0 Å². The number of hydrogen-bond acceptors (Lipinski definition) is 4. The highest BCUT2D eigenvalue weighted by atomic mass is 16.5. The Morgan fingerprint density at radius 1 is 1.28 bits per heavy atom. The molecule has 0 aromatic heterocycles. The molecule has 4 nitrogen and oxygen atoms in total. The van der Waals surface area contributed by atoms with E-state index < -0.39 is 0 Å². The Morgan fingerprint density at radius 3 is 2.72 bits per heavy atom. The first-order chi connectivity index (χ1) is 12.1. The summed E-state index contributed by atoms with van der Waals surface area (Å²) in [5.74, 6) is 1.61. The van der Waals surface area contributed by atoms with Crippen LogP contribution in [0.5, 0.6) is 11.5 Å². The summed E-state index contributed by atoms with van der Waals surface area (Å²) in [6, 6.07) is 6.88. The Bertz CT molecular complexity index is 571. The number of benzene rings is 1. The molecule has 2 rings (SSSR count). The van der Waals surface area contributed by atoms with E-state index in [2.05, 4.69) is 48.9 Å². The molecule has 140 valence electrons. The van der Waals surface area contributed by atoms with Gasteiger partial charge < -0.3 is 14.4 Å². The number of nitrogens with zero attached hydrogens (tertiary/aromatic N) is 2. The summed E-state index contributed by atoms with van der Waals surface area (Å²) in [5.41, 5.74) is 2.76. The SMILES string of the molecule is C/C=C(\C)CN1CCC[C@H](N(C)CCc2ccc(OC)c(OC)c2)C1. The van der Waals surface area contributed by atoms with Crippen molar-refractivity contribution in [2.75, 3.05) is 47.4 Å². The predicted octanol–water partition coefficient (Wildman–Crippen LogP) is 3.61. The van der Waals surface area contributed by atoms with Crippen LogP contribution in [0.1, 0.15) is 32.3 Å². The van der Waals surface area contributed by atoms with Gasteiger partial charge in [0.25, 0.3) is 0 Å². The van der Waals surface area contributed by atoms with Crippen molar-refractivity contribution in [3.8, 4) is 11.5 Å². The first-order valence-electron chi connectivity index (χ1n) is 9.32. The zero-order valence-corrected chi connectivity index (χ0v) is 16.5. The minimum atomic E-state index is 0.651. The molecule has 25 heavy (non-hydrogen) atoms. The molecule has 1 fully saturated rings. The Labute approximate surface area is 153 Å². The fourth-order valence-corrected chi connectivity index (χ4v) is 3.50. The maximum atomic E-state index is 5.41. The van der Waals surface area contributed by atoms with Crippen molar-refractivity contribution >= 4 is 0 Å². The van der Waals surface area contributed by atoms with E-state index in [9.17, 15) is 0 Å². The molecule has 1 aliphatic rings. The molecule has 1 aliphatic heterocycles. The highest BCUT2D eigenvalue weighted by Crippen LogP contribution is 2.28. The van der Waals surface area contributed by atoms with Crippen molar-refractivity contribution in [2.24, 2.45) is 0 Å². The van der Waals surface area contributed by atoms with Crippen LogP contribution in [-0.4, -0.2) is 63.3 Å². The Morgan fingerprint density at radius 2 is 2.04 bits per heavy atom. The molecule has 0 radical (unpaired) electrons. The zero-order valence-electron chi connectivity index (χ0n) is 16.5. The average molecular weight is 347 g/mol. The van der Waals surface area contributed by atoms with Crippen LogP contribution >= 0.6 is 0 Å². The monoisotopic (exact) mass is 346 g/mol. The highest BCUT2D eigenvalue weighted by Gasteiger charge is 2.23. The lowest BCUT2D eigenvalue weighted by Crippen LogP contribution is -2.47. The Balaban J connectivity index is 1.88. The van der Waals surface area contributed by atoms with E-state index in [1.807, 2.05) is 6.07 Å². The second-order valence-electron chi connectivity index (χ2n) is 7.09. The van der Waals surface area contributed by atoms with Crippen LogP contribution in [0.3, 0.4) is 0 Å². The van der Waals surface area contributed by atoms with Crippen LogP contribution in [0.25, 0.3) is 0 Å². The molecule has 1 aromatic rings. The van der Waals surface area contributed by atoms with E-state index >= 15 is 0 Å². The van der Waals surface area contributed by atoms with Gasteiger partial charge in [0, 0.05) is 25.7 Å². The molecular formula is C21H34N2O2. The van der Waals surface area contributed by atoms with Gasteiger partial charge >= 0.3 is 0 Å². The van der Waals surface area contributed by atoms with Gasteiger partial charge in [-0.15, -0.1) is 0 Å². The van der Waals surface area contributed by atoms with Crippen molar-refractivity contribution in [1.82, 2.24) is 9.80 Å². The second-order valence-corrected chi connectivity index (χ2v) is 7.09. The summed E-state index contributed by atoms with van der Waals surface area (Å²) in [6.45, 7) is 8.93. The number of methoxy groups -OCH3 is 2. The number of likely N-dealkylation sites (N-methyl/N-ethyl adjacent to an activating group) is 1. The topological polar surface area (TPSA) is 24.9 Å². The second kappa shape index (κ2) is 9.83. The molecule has 0 saturated carbocycles. The summed E-state index contributed by atoms with van der Waals surface area (Å²) in [6.07, 6.45) is 5.85. The summed E-state index contributed by atoms with van der Waals surface area (Å²) >= 11 is 0. The Kier molecular flexibility index (Phi) is 7.79. The van der Waals surface area contributed by atoms with Gasteiger partial charge in [0.1, 0.15) is 0 Å². The van der Waals surface area contributed by atoms with Crippen LogP contribution < -0.4 is 9.47 Å². The summed E-state index contributed by atoms with van der Waals surface area (Å²) < 4.78 is 10.7. The summed E-state index contributed by atoms with van der Waals surface area (Å²) in [5, 5.41) is 0. The molecule has 1 atom stereocenters. The molecule has 0 aliphatic carbocycles. The molecule has 0 amide bonds. The number of piperidine rings is 1. The van der Waals surface area contributed by atoms with E-state index in [1.54, 1.807) is 14.2 Å². The van der Waals surface area contributed by atoms with Gasteiger partial charge in [-0.05, 0) is 64.4 Å². The quantitative estimate of drug-likeness (QED) is 0.672. The lowest BCUT2D eigenvalue weighted by atomic mass is 10.0. The van der Waals surface area contributed by atoms with Crippen molar-refractivity contribution in [3.63, 3.8) is 0 Å². The normalized spacial score (nSPS) is 19.3. The van der Waals surface area contributed by atoms with Crippen molar-refractivity contribution in [3.05, 3.63) is 35.4 Å². The van der Waals surface area contributed by atoms with Gasteiger partial charge in [0.2, 0.25) is 0 Å².